The molecule has 0 rings (SSSR count). The van der Waals surface area contributed by atoms with Gasteiger partial charge in [-0.1, -0.05) is 6.58 Å². The number of rotatable bonds is 1. The van der Waals surface area contributed by atoms with Gasteiger partial charge in [-0.2, -0.15) is 0 Å². The van der Waals surface area contributed by atoms with Crippen molar-refractivity contribution in [2.45, 2.75) is 6.92 Å². The second kappa shape index (κ2) is 3.92. The fourth-order valence-corrected chi connectivity index (χ4v) is 0. The fraction of sp³-hybridized carbons (Fsp3) is 0.250. The summed E-state index contributed by atoms with van der Waals surface area (Å²) in [5.41, 5.74) is 0.176. The Hall–Kier alpha value is -0.258. The van der Waals surface area contributed by atoms with Crippen molar-refractivity contribution >= 4 is 5.97 Å². The Morgan fingerprint density at radius 1 is 1.71 bits per heavy atom. The summed E-state index contributed by atoms with van der Waals surface area (Å²) in [6.07, 6.45) is 0. The van der Waals surface area contributed by atoms with Crippen LogP contribution in [0.1, 0.15) is 6.92 Å². The van der Waals surface area contributed by atoms with Crippen LogP contribution in [0.4, 0.5) is 0 Å². The average Bonchev–Trinajstić information content (AvgIpc) is 1.36. The van der Waals surface area contributed by atoms with Gasteiger partial charge >= 0.3 is 5.97 Å². The van der Waals surface area contributed by atoms with E-state index in [4.69, 9.17) is 5.11 Å². The maximum absolute atomic E-state index is 9.60. The van der Waals surface area contributed by atoms with E-state index in [1.54, 1.807) is 0 Å². The Morgan fingerprint density at radius 3 is 1.86 bits per heavy atom. The zero-order valence-corrected chi connectivity index (χ0v) is 5.25. The van der Waals surface area contributed by atoms with Gasteiger partial charge in [-0.05, 0) is 6.92 Å². The number of carboxylic acid groups (broad SMARTS) is 1. The summed E-state index contributed by atoms with van der Waals surface area (Å²) in [6.45, 7) is 4.60. The van der Waals surface area contributed by atoms with Gasteiger partial charge in [0.25, 0.3) is 0 Å². The van der Waals surface area contributed by atoms with E-state index in [0.29, 0.717) is 0 Å². The molecular formula is C4H6CrO2. The molecular weight excluding hydrogens is 132 g/mol. The van der Waals surface area contributed by atoms with Crippen molar-refractivity contribution in [1.82, 2.24) is 0 Å². The molecule has 0 aromatic rings. The monoisotopic (exact) mass is 138 g/mol. The molecule has 0 saturated carbocycles. The van der Waals surface area contributed by atoms with E-state index in [2.05, 4.69) is 6.58 Å². The van der Waals surface area contributed by atoms with Crippen LogP contribution in [0, 0.1) is 0 Å². The number of aliphatic carboxylic acids is 1. The predicted octanol–water partition coefficient (Wildman–Crippen LogP) is 0.645. The van der Waals surface area contributed by atoms with Crippen LogP contribution in [0.15, 0.2) is 12.2 Å². The molecule has 0 aromatic carbocycles. The number of carbonyl (C=O) groups is 1. The summed E-state index contributed by atoms with van der Waals surface area (Å²) in [6, 6.07) is 0. The van der Waals surface area contributed by atoms with Gasteiger partial charge in [0.15, 0.2) is 0 Å². The molecule has 7 heavy (non-hydrogen) atoms. The molecule has 1 N–H and O–H groups in total. The third-order valence-electron chi connectivity index (χ3n) is 0.365. The number of carboxylic acids is 1. The van der Waals surface area contributed by atoms with Crippen LogP contribution in [-0.2, 0) is 22.2 Å². The van der Waals surface area contributed by atoms with Crippen molar-refractivity contribution in [3.05, 3.63) is 12.2 Å². The molecule has 0 aromatic heterocycles. The molecule has 0 fully saturated rings. The first-order valence-corrected chi connectivity index (χ1v) is 1.53. The van der Waals surface area contributed by atoms with Gasteiger partial charge in [-0.25, -0.2) is 4.79 Å². The summed E-state index contributed by atoms with van der Waals surface area (Å²) in [5, 5.41) is 7.89. The van der Waals surface area contributed by atoms with Gasteiger partial charge < -0.3 is 5.11 Å². The smallest absolute Gasteiger partial charge is 0.330 e. The van der Waals surface area contributed by atoms with E-state index in [-0.39, 0.29) is 22.9 Å². The van der Waals surface area contributed by atoms with Crippen LogP contribution in [0.25, 0.3) is 0 Å². The zero-order valence-electron chi connectivity index (χ0n) is 3.97. The first kappa shape index (κ1) is 9.89. The molecule has 0 spiro atoms. The van der Waals surface area contributed by atoms with E-state index in [0.717, 1.165) is 0 Å². The van der Waals surface area contributed by atoms with Crippen LogP contribution in [0.5, 0.6) is 0 Å². The maximum Gasteiger partial charge on any atom is 0.330 e. The molecule has 0 unspecified atom stereocenters. The van der Waals surface area contributed by atoms with E-state index < -0.39 is 5.97 Å². The van der Waals surface area contributed by atoms with E-state index in [1.807, 2.05) is 0 Å². The van der Waals surface area contributed by atoms with Crippen LogP contribution in [0.2, 0.25) is 0 Å². The molecule has 0 radical (unpaired) electrons. The number of hydrogen-bond acceptors (Lipinski definition) is 1. The van der Waals surface area contributed by atoms with Gasteiger partial charge in [0.1, 0.15) is 0 Å². The van der Waals surface area contributed by atoms with Gasteiger partial charge in [-0.15, -0.1) is 0 Å². The standard InChI is InChI=1S/C4H6O2.Cr/c1-3(2)4(5)6;/h1H2,2H3,(H,5,6);. The van der Waals surface area contributed by atoms with E-state index in [1.165, 1.54) is 6.92 Å². The second-order valence-electron chi connectivity index (χ2n) is 1.09. The quantitative estimate of drug-likeness (QED) is 0.540. The summed E-state index contributed by atoms with van der Waals surface area (Å²) >= 11 is 0. The first-order chi connectivity index (χ1) is 2.64. The van der Waals surface area contributed by atoms with Crippen molar-refractivity contribution in [3.8, 4) is 0 Å². The van der Waals surface area contributed by atoms with Crippen molar-refractivity contribution < 1.29 is 27.3 Å². The molecule has 0 bridgehead atoms. The summed E-state index contributed by atoms with van der Waals surface area (Å²) in [5.74, 6) is -0.935. The topological polar surface area (TPSA) is 37.3 Å². The number of hydrogen-bond donors (Lipinski definition) is 1. The first-order valence-electron chi connectivity index (χ1n) is 1.53. The minimum Gasteiger partial charge on any atom is -0.478 e. The van der Waals surface area contributed by atoms with Gasteiger partial charge in [-0.3, -0.25) is 0 Å². The van der Waals surface area contributed by atoms with Gasteiger partial charge in [0.2, 0.25) is 0 Å². The maximum atomic E-state index is 9.60. The molecule has 40 valence electrons. The predicted molar refractivity (Wildman–Crippen MR) is 22.4 cm³/mol. The van der Waals surface area contributed by atoms with Crippen molar-refractivity contribution in [2.75, 3.05) is 0 Å². The molecule has 0 aliphatic rings. The zero-order chi connectivity index (χ0) is 5.15. The van der Waals surface area contributed by atoms with Gasteiger partial charge in [0.05, 0.1) is 0 Å². The summed E-state index contributed by atoms with van der Waals surface area (Å²) < 4.78 is 0. The van der Waals surface area contributed by atoms with Crippen LogP contribution in [-0.4, -0.2) is 11.1 Å². The Bertz CT molecular complexity index is 75.7. The van der Waals surface area contributed by atoms with Crippen molar-refractivity contribution in [3.63, 3.8) is 0 Å². The average molecular weight is 138 g/mol. The van der Waals surface area contributed by atoms with Gasteiger partial charge in [0, 0.05) is 22.9 Å². The molecule has 0 aliphatic carbocycles. The van der Waals surface area contributed by atoms with E-state index in [9.17, 15) is 4.79 Å². The SMILES string of the molecule is C=C(C)C(=O)O.[Cr]. The molecule has 0 heterocycles. The summed E-state index contributed by atoms with van der Waals surface area (Å²) in [4.78, 5) is 9.60. The third kappa shape index (κ3) is 5.74. The fourth-order valence-electron chi connectivity index (χ4n) is 0. The van der Waals surface area contributed by atoms with Crippen LogP contribution in [0.3, 0.4) is 0 Å². The minimum atomic E-state index is -0.935. The van der Waals surface area contributed by atoms with E-state index >= 15 is 0 Å². The third-order valence-corrected chi connectivity index (χ3v) is 0.365. The summed E-state index contributed by atoms with van der Waals surface area (Å²) in [7, 11) is 0. The molecule has 3 heteroatoms. The molecule has 0 saturated heterocycles. The Labute approximate surface area is 53.0 Å². The molecule has 0 aliphatic heterocycles. The molecule has 0 atom stereocenters. The molecule has 2 nitrogen and oxygen atoms in total. The second-order valence-corrected chi connectivity index (χ2v) is 1.09. The van der Waals surface area contributed by atoms with Crippen molar-refractivity contribution in [1.29, 1.82) is 0 Å². The van der Waals surface area contributed by atoms with Crippen LogP contribution < -0.4 is 0 Å². The Kier molecular flexibility index (Phi) is 5.53. The normalized spacial score (nSPS) is 6.43. The van der Waals surface area contributed by atoms with Crippen molar-refractivity contribution in [2.24, 2.45) is 0 Å². The minimum absolute atomic E-state index is 0. The van der Waals surface area contributed by atoms with Crippen LogP contribution >= 0.6 is 0 Å². The Morgan fingerprint density at radius 2 is 1.86 bits per heavy atom. The Balaban J connectivity index is 0. The molecule has 0 amide bonds. The largest absolute Gasteiger partial charge is 0.478 e.